The van der Waals surface area contributed by atoms with E-state index in [0.29, 0.717) is 24.7 Å². The molecule has 2 aliphatic carbocycles. The Hall–Kier alpha value is -1.70. The number of primary amides is 1. The summed E-state index contributed by atoms with van der Waals surface area (Å²) >= 11 is 3.33. The first-order chi connectivity index (χ1) is 11.9. The number of nitrogens with two attached hydrogens (primary N) is 1. The van der Waals surface area contributed by atoms with Gasteiger partial charge in [0, 0.05) is 38.8 Å². The maximum Gasteiger partial charge on any atom is 0.309 e. The van der Waals surface area contributed by atoms with E-state index in [1.807, 2.05) is 11.9 Å². The monoisotopic (exact) mass is 410 g/mol. The molecule has 2 saturated carbocycles. The maximum atomic E-state index is 12.3. The molecule has 0 aliphatic heterocycles. The van der Waals surface area contributed by atoms with E-state index in [0.717, 1.165) is 36.7 Å². The fourth-order valence-electron chi connectivity index (χ4n) is 3.34. The van der Waals surface area contributed by atoms with Crippen LogP contribution in [0, 0.1) is 11.8 Å². The van der Waals surface area contributed by atoms with Gasteiger partial charge in [-0.05, 0) is 47.5 Å². The number of amides is 1. The van der Waals surface area contributed by atoms with Crippen molar-refractivity contribution in [3.8, 4) is 0 Å². The zero-order valence-corrected chi connectivity index (χ0v) is 15.9. The molecular formula is C17H23BrN4O3. The van der Waals surface area contributed by atoms with Crippen molar-refractivity contribution in [2.75, 3.05) is 18.5 Å². The number of rotatable bonds is 6. The molecular weight excluding hydrogens is 388 g/mol. The highest BCUT2D eigenvalue weighted by Crippen LogP contribution is 2.41. The SMILES string of the molecule is CN(CC1CCC(C(=O)OC2(C(N)=O)CC2)CC1)c1ncc(Br)cn1. The van der Waals surface area contributed by atoms with E-state index in [1.165, 1.54) is 0 Å². The van der Waals surface area contributed by atoms with Gasteiger partial charge in [0.05, 0.1) is 10.4 Å². The van der Waals surface area contributed by atoms with Crippen molar-refractivity contribution in [2.45, 2.75) is 44.1 Å². The van der Waals surface area contributed by atoms with Crippen LogP contribution in [0.4, 0.5) is 5.95 Å². The molecule has 3 rings (SSSR count). The van der Waals surface area contributed by atoms with Crippen LogP contribution < -0.4 is 10.6 Å². The van der Waals surface area contributed by atoms with E-state index in [4.69, 9.17) is 10.5 Å². The van der Waals surface area contributed by atoms with Gasteiger partial charge in [-0.1, -0.05) is 0 Å². The molecule has 0 atom stereocenters. The summed E-state index contributed by atoms with van der Waals surface area (Å²) in [5, 5.41) is 0. The smallest absolute Gasteiger partial charge is 0.309 e. The predicted octanol–water partition coefficient (Wildman–Crippen LogP) is 2.04. The van der Waals surface area contributed by atoms with Crippen LogP contribution in [0.25, 0.3) is 0 Å². The molecule has 0 bridgehead atoms. The second-order valence-electron chi connectivity index (χ2n) is 7.08. The molecule has 0 radical (unpaired) electrons. The van der Waals surface area contributed by atoms with E-state index in [-0.39, 0.29) is 11.9 Å². The van der Waals surface area contributed by atoms with E-state index in [9.17, 15) is 9.59 Å². The number of ether oxygens (including phenoxy) is 1. The van der Waals surface area contributed by atoms with Gasteiger partial charge in [0.25, 0.3) is 5.91 Å². The lowest BCUT2D eigenvalue weighted by Crippen LogP contribution is -2.38. The fraction of sp³-hybridized carbons (Fsp3) is 0.647. The van der Waals surface area contributed by atoms with Crippen LogP contribution >= 0.6 is 15.9 Å². The fourth-order valence-corrected chi connectivity index (χ4v) is 3.55. The summed E-state index contributed by atoms with van der Waals surface area (Å²) in [6, 6.07) is 0. The summed E-state index contributed by atoms with van der Waals surface area (Å²) in [7, 11) is 1.98. The van der Waals surface area contributed by atoms with Crippen LogP contribution in [-0.4, -0.2) is 41.0 Å². The molecule has 0 spiro atoms. The molecule has 0 saturated heterocycles. The van der Waals surface area contributed by atoms with Crippen molar-refractivity contribution in [3.63, 3.8) is 0 Å². The standard InChI is InChI=1S/C17H23BrN4O3/c1-22(16-20-8-13(18)9-21-16)10-11-2-4-12(5-3-11)14(23)25-17(6-7-17)15(19)24/h8-9,11-12H,2-7,10H2,1H3,(H2,19,24). The molecule has 2 aliphatic rings. The number of carbonyl (C=O) groups is 2. The largest absolute Gasteiger partial charge is 0.449 e. The third-order valence-corrected chi connectivity index (χ3v) is 5.52. The van der Waals surface area contributed by atoms with Crippen LogP contribution in [0.15, 0.2) is 16.9 Å². The molecule has 1 heterocycles. The lowest BCUT2D eigenvalue weighted by Gasteiger charge is -2.30. The highest BCUT2D eigenvalue weighted by molar-refractivity contribution is 9.10. The topological polar surface area (TPSA) is 98.4 Å². The Bertz CT molecular complexity index is 640. The van der Waals surface area contributed by atoms with E-state index >= 15 is 0 Å². The minimum Gasteiger partial charge on any atom is -0.449 e. The van der Waals surface area contributed by atoms with E-state index in [2.05, 4.69) is 25.9 Å². The second-order valence-corrected chi connectivity index (χ2v) is 7.99. The number of carbonyl (C=O) groups excluding carboxylic acids is 2. The maximum absolute atomic E-state index is 12.3. The molecule has 1 aromatic heterocycles. The molecule has 1 aromatic rings. The first-order valence-corrected chi connectivity index (χ1v) is 9.40. The Morgan fingerprint density at radius 3 is 2.40 bits per heavy atom. The van der Waals surface area contributed by atoms with Crippen LogP contribution in [0.1, 0.15) is 38.5 Å². The Morgan fingerprint density at radius 2 is 1.88 bits per heavy atom. The van der Waals surface area contributed by atoms with Crippen LogP contribution in [0.5, 0.6) is 0 Å². The molecule has 136 valence electrons. The van der Waals surface area contributed by atoms with Crippen LogP contribution in [-0.2, 0) is 14.3 Å². The zero-order valence-electron chi connectivity index (χ0n) is 14.3. The number of halogens is 1. The van der Waals surface area contributed by atoms with Gasteiger partial charge in [-0.25, -0.2) is 9.97 Å². The molecule has 8 heteroatoms. The highest BCUT2D eigenvalue weighted by atomic mass is 79.9. The van der Waals surface area contributed by atoms with E-state index in [1.54, 1.807) is 12.4 Å². The Kier molecular flexibility index (Phi) is 5.27. The number of esters is 1. The van der Waals surface area contributed by atoms with Gasteiger partial charge in [-0.3, -0.25) is 9.59 Å². The molecule has 0 aromatic carbocycles. The van der Waals surface area contributed by atoms with Gasteiger partial charge in [0.1, 0.15) is 0 Å². The minimum absolute atomic E-state index is 0.123. The zero-order chi connectivity index (χ0) is 18.0. The van der Waals surface area contributed by atoms with E-state index < -0.39 is 11.5 Å². The quantitative estimate of drug-likeness (QED) is 0.720. The Labute approximate surface area is 155 Å². The number of aromatic nitrogens is 2. The summed E-state index contributed by atoms with van der Waals surface area (Å²) in [4.78, 5) is 34.3. The van der Waals surface area contributed by atoms with Gasteiger partial charge in [0.2, 0.25) is 5.95 Å². The van der Waals surface area contributed by atoms with Crippen LogP contribution in [0.2, 0.25) is 0 Å². The molecule has 0 unspecified atom stereocenters. The Morgan fingerprint density at radius 1 is 1.28 bits per heavy atom. The van der Waals surface area contributed by atoms with Gasteiger partial charge in [-0.2, -0.15) is 0 Å². The molecule has 7 nitrogen and oxygen atoms in total. The summed E-state index contributed by atoms with van der Waals surface area (Å²) < 4.78 is 6.25. The molecule has 2 fully saturated rings. The molecule has 25 heavy (non-hydrogen) atoms. The number of hydrogen-bond acceptors (Lipinski definition) is 6. The summed E-state index contributed by atoms with van der Waals surface area (Å²) in [6.45, 7) is 0.856. The van der Waals surface area contributed by atoms with Crippen molar-refractivity contribution >= 4 is 33.8 Å². The van der Waals surface area contributed by atoms with Crippen molar-refractivity contribution in [1.29, 1.82) is 0 Å². The summed E-state index contributed by atoms with van der Waals surface area (Å²) in [6.07, 6.45) is 8.05. The third-order valence-electron chi connectivity index (χ3n) is 5.11. The molecule has 1 amide bonds. The van der Waals surface area contributed by atoms with Gasteiger partial charge in [0.15, 0.2) is 5.60 Å². The highest BCUT2D eigenvalue weighted by Gasteiger charge is 2.53. The average Bonchev–Trinajstić information content (AvgIpc) is 3.37. The van der Waals surface area contributed by atoms with Gasteiger partial charge < -0.3 is 15.4 Å². The van der Waals surface area contributed by atoms with Crippen molar-refractivity contribution in [1.82, 2.24) is 9.97 Å². The third kappa shape index (κ3) is 4.29. The normalized spacial score (nSPS) is 24.4. The average molecular weight is 411 g/mol. The minimum atomic E-state index is -1.01. The molecule has 2 N–H and O–H groups in total. The number of hydrogen-bond donors (Lipinski definition) is 1. The first kappa shape index (κ1) is 18.1. The lowest BCUT2D eigenvalue weighted by atomic mass is 9.82. The first-order valence-electron chi connectivity index (χ1n) is 8.61. The van der Waals surface area contributed by atoms with Crippen molar-refractivity contribution < 1.29 is 14.3 Å². The van der Waals surface area contributed by atoms with Crippen molar-refractivity contribution in [2.24, 2.45) is 17.6 Å². The second kappa shape index (κ2) is 7.27. The van der Waals surface area contributed by atoms with Gasteiger partial charge in [-0.15, -0.1) is 0 Å². The number of nitrogens with zero attached hydrogens (tertiary/aromatic N) is 3. The number of anilines is 1. The summed E-state index contributed by atoms with van der Waals surface area (Å²) in [5.41, 5.74) is 4.31. The van der Waals surface area contributed by atoms with Gasteiger partial charge >= 0.3 is 5.97 Å². The van der Waals surface area contributed by atoms with Crippen LogP contribution in [0.3, 0.4) is 0 Å². The lowest BCUT2D eigenvalue weighted by molar-refractivity contribution is -0.162. The van der Waals surface area contributed by atoms with Crippen molar-refractivity contribution in [3.05, 3.63) is 16.9 Å². The Balaban J connectivity index is 1.46. The summed E-state index contributed by atoms with van der Waals surface area (Å²) in [5.74, 6) is 0.279. The predicted molar refractivity (Wildman–Crippen MR) is 95.7 cm³/mol.